The van der Waals surface area contributed by atoms with Crippen LogP contribution in [0.2, 0.25) is 0 Å². The van der Waals surface area contributed by atoms with Gasteiger partial charge in [0.25, 0.3) is 0 Å². The third-order valence-corrected chi connectivity index (χ3v) is 6.68. The molecule has 20 heavy (non-hydrogen) atoms. The van der Waals surface area contributed by atoms with Gasteiger partial charge in [-0.25, -0.2) is 8.42 Å². The molecule has 0 aromatic rings. The van der Waals surface area contributed by atoms with Gasteiger partial charge in [-0.15, -0.1) is 0 Å². The minimum Gasteiger partial charge on any atom is -0.349 e. The quantitative estimate of drug-likeness (QED) is 0.760. The Kier molecular flexibility index (Phi) is 4.44. The van der Waals surface area contributed by atoms with E-state index in [9.17, 15) is 13.2 Å². The molecule has 2 aliphatic heterocycles. The molecule has 6 heteroatoms. The smallest absolute Gasteiger partial charge is 0.225 e. The Bertz CT molecular complexity index is 473. The van der Waals surface area contributed by atoms with Gasteiger partial charge in [-0.1, -0.05) is 13.8 Å². The second-order valence-electron chi connectivity index (χ2n) is 6.81. The van der Waals surface area contributed by atoms with Crippen molar-refractivity contribution in [1.29, 1.82) is 0 Å². The molecule has 2 heterocycles. The summed E-state index contributed by atoms with van der Waals surface area (Å²) in [5.41, 5.74) is 0. The minimum atomic E-state index is -3.03. The van der Waals surface area contributed by atoms with Crippen molar-refractivity contribution in [1.82, 2.24) is 9.80 Å². The lowest BCUT2D eigenvalue weighted by atomic mass is 9.87. The van der Waals surface area contributed by atoms with E-state index in [4.69, 9.17) is 0 Å². The van der Waals surface area contributed by atoms with Crippen LogP contribution in [-0.2, 0) is 14.6 Å². The summed E-state index contributed by atoms with van der Waals surface area (Å²) in [5.74, 6) is 0.605. The number of hydrogen-bond donors (Lipinski definition) is 0. The number of likely N-dealkylation sites (tertiary alicyclic amines) is 1. The summed E-state index contributed by atoms with van der Waals surface area (Å²) in [7, 11) is 0.469. The van der Waals surface area contributed by atoms with Crippen LogP contribution in [0.15, 0.2) is 0 Å². The number of sulfone groups is 1. The lowest BCUT2D eigenvalue weighted by molar-refractivity contribution is -0.134. The Morgan fingerprint density at radius 3 is 2.50 bits per heavy atom. The second-order valence-corrected chi connectivity index (χ2v) is 9.15. The van der Waals surface area contributed by atoms with Crippen molar-refractivity contribution in [3.8, 4) is 0 Å². The van der Waals surface area contributed by atoms with E-state index in [0.717, 1.165) is 13.1 Å². The maximum atomic E-state index is 12.3. The Balaban J connectivity index is 2.20. The highest BCUT2D eigenvalue weighted by Gasteiger charge is 2.50. The molecule has 0 aliphatic carbocycles. The lowest BCUT2D eigenvalue weighted by Gasteiger charge is -2.33. The van der Waals surface area contributed by atoms with Crippen molar-refractivity contribution in [3.63, 3.8) is 0 Å². The molecule has 2 fully saturated rings. The summed E-state index contributed by atoms with van der Waals surface area (Å²) in [4.78, 5) is 16.1. The number of fused-ring (bicyclic) bond motifs is 1. The predicted octanol–water partition coefficient (Wildman–Crippen LogP) is 0.466. The zero-order chi connectivity index (χ0) is 15.1. The molecular weight excluding hydrogens is 276 g/mol. The molecule has 0 radical (unpaired) electrons. The van der Waals surface area contributed by atoms with Gasteiger partial charge in [-0.2, -0.15) is 0 Å². The fraction of sp³-hybridized carbons (Fsp3) is 0.929. The summed E-state index contributed by atoms with van der Waals surface area (Å²) >= 11 is 0. The summed E-state index contributed by atoms with van der Waals surface area (Å²) in [6, 6.07) is 0. The first-order valence-electron chi connectivity index (χ1n) is 7.37. The van der Waals surface area contributed by atoms with Gasteiger partial charge in [0.05, 0.1) is 11.0 Å². The number of carbonyl (C=O) groups excluding carboxylic acids is 1. The number of amides is 1. The van der Waals surface area contributed by atoms with Crippen molar-refractivity contribution < 1.29 is 13.2 Å². The SMILES string of the molecule is CC(C)CN1C[C@H]2[C@H](C(=O)N(C)C)CCS(=O)(=O)[C@H]2C1. The first-order chi connectivity index (χ1) is 9.22. The summed E-state index contributed by atoms with van der Waals surface area (Å²) in [6.45, 7) is 6.53. The first kappa shape index (κ1) is 15.8. The van der Waals surface area contributed by atoms with E-state index in [1.54, 1.807) is 19.0 Å². The molecule has 0 unspecified atom stereocenters. The Labute approximate surface area is 122 Å². The molecular formula is C14H26N2O3S. The molecule has 0 saturated carbocycles. The fourth-order valence-electron chi connectivity index (χ4n) is 3.61. The normalized spacial score (nSPS) is 33.1. The van der Waals surface area contributed by atoms with Gasteiger partial charge in [-0.05, 0) is 12.3 Å². The molecule has 2 saturated heterocycles. The highest BCUT2D eigenvalue weighted by atomic mass is 32.2. The van der Waals surface area contributed by atoms with Crippen LogP contribution in [0.5, 0.6) is 0 Å². The highest BCUT2D eigenvalue weighted by molar-refractivity contribution is 7.92. The van der Waals surface area contributed by atoms with E-state index < -0.39 is 9.84 Å². The lowest BCUT2D eigenvalue weighted by Crippen LogP contribution is -2.46. The van der Waals surface area contributed by atoms with Crippen LogP contribution in [0.25, 0.3) is 0 Å². The monoisotopic (exact) mass is 302 g/mol. The molecule has 0 aromatic carbocycles. The van der Waals surface area contributed by atoms with Crippen LogP contribution in [-0.4, -0.2) is 68.9 Å². The zero-order valence-corrected chi connectivity index (χ0v) is 13.7. The van der Waals surface area contributed by atoms with Gasteiger partial charge in [0.1, 0.15) is 0 Å². The minimum absolute atomic E-state index is 0.0256. The molecule has 3 atom stereocenters. The molecule has 2 rings (SSSR count). The molecule has 0 spiro atoms. The van der Waals surface area contributed by atoms with Gasteiger partial charge in [0.15, 0.2) is 9.84 Å². The van der Waals surface area contributed by atoms with Gasteiger partial charge >= 0.3 is 0 Å². The van der Waals surface area contributed by atoms with Gasteiger partial charge in [0.2, 0.25) is 5.91 Å². The number of carbonyl (C=O) groups is 1. The maximum Gasteiger partial charge on any atom is 0.225 e. The Morgan fingerprint density at radius 2 is 1.95 bits per heavy atom. The number of rotatable bonds is 3. The molecule has 2 aliphatic rings. The van der Waals surface area contributed by atoms with Crippen LogP contribution in [0.4, 0.5) is 0 Å². The highest BCUT2D eigenvalue weighted by Crippen LogP contribution is 2.37. The van der Waals surface area contributed by atoms with E-state index in [-0.39, 0.29) is 28.7 Å². The molecule has 0 aromatic heterocycles. The number of nitrogens with zero attached hydrogens (tertiary/aromatic N) is 2. The summed E-state index contributed by atoms with van der Waals surface area (Å²) < 4.78 is 24.6. The average molecular weight is 302 g/mol. The first-order valence-corrected chi connectivity index (χ1v) is 9.09. The van der Waals surface area contributed by atoms with Crippen LogP contribution < -0.4 is 0 Å². The van der Waals surface area contributed by atoms with Crippen LogP contribution in [0.3, 0.4) is 0 Å². The van der Waals surface area contributed by atoms with E-state index in [0.29, 0.717) is 18.9 Å². The molecule has 0 N–H and O–H groups in total. The topological polar surface area (TPSA) is 57.7 Å². The average Bonchev–Trinajstić information content (AvgIpc) is 2.72. The Morgan fingerprint density at radius 1 is 1.30 bits per heavy atom. The standard InChI is InChI=1S/C14H26N2O3S/c1-10(2)7-16-8-12-11(14(17)15(3)4)5-6-20(18,19)13(12)9-16/h10-13H,5-9H2,1-4H3/t11-,12+,13+/m1/s1. The van der Waals surface area contributed by atoms with Gasteiger partial charge < -0.3 is 9.80 Å². The molecule has 116 valence electrons. The molecule has 5 nitrogen and oxygen atoms in total. The van der Waals surface area contributed by atoms with E-state index >= 15 is 0 Å². The third-order valence-electron chi connectivity index (χ3n) is 4.46. The van der Waals surface area contributed by atoms with Crippen molar-refractivity contribution in [2.24, 2.45) is 17.8 Å². The van der Waals surface area contributed by atoms with E-state index in [1.165, 1.54) is 0 Å². The number of hydrogen-bond acceptors (Lipinski definition) is 4. The summed E-state index contributed by atoms with van der Waals surface area (Å²) in [5, 5.41) is -0.344. The fourth-order valence-corrected chi connectivity index (χ4v) is 5.74. The van der Waals surface area contributed by atoms with Crippen molar-refractivity contribution in [2.75, 3.05) is 39.5 Å². The van der Waals surface area contributed by atoms with Crippen molar-refractivity contribution in [2.45, 2.75) is 25.5 Å². The van der Waals surface area contributed by atoms with Crippen LogP contribution in [0, 0.1) is 17.8 Å². The Hall–Kier alpha value is -0.620. The maximum absolute atomic E-state index is 12.3. The molecule has 0 bridgehead atoms. The largest absolute Gasteiger partial charge is 0.349 e. The van der Waals surface area contributed by atoms with E-state index in [2.05, 4.69) is 18.7 Å². The van der Waals surface area contributed by atoms with Crippen molar-refractivity contribution in [3.05, 3.63) is 0 Å². The second kappa shape index (κ2) is 5.64. The van der Waals surface area contributed by atoms with Gasteiger partial charge in [0, 0.05) is 45.6 Å². The zero-order valence-electron chi connectivity index (χ0n) is 12.9. The molecule has 1 amide bonds. The van der Waals surface area contributed by atoms with Crippen LogP contribution >= 0.6 is 0 Å². The third kappa shape index (κ3) is 3.01. The van der Waals surface area contributed by atoms with Gasteiger partial charge in [-0.3, -0.25) is 4.79 Å². The predicted molar refractivity (Wildman–Crippen MR) is 79.1 cm³/mol. The van der Waals surface area contributed by atoms with E-state index in [1.807, 2.05) is 0 Å². The van der Waals surface area contributed by atoms with Crippen LogP contribution in [0.1, 0.15) is 20.3 Å². The summed E-state index contributed by atoms with van der Waals surface area (Å²) in [6.07, 6.45) is 0.482. The van der Waals surface area contributed by atoms with Crippen molar-refractivity contribution >= 4 is 15.7 Å².